The van der Waals surface area contributed by atoms with Gasteiger partial charge in [-0.3, -0.25) is 0 Å². The zero-order valence-corrected chi connectivity index (χ0v) is 12.3. The molecule has 2 heteroatoms. The Labute approximate surface area is 122 Å². The van der Waals surface area contributed by atoms with Crippen LogP contribution in [0, 0.1) is 5.92 Å². The molecule has 3 unspecified atom stereocenters. The second kappa shape index (κ2) is 6.45. The SMILES string of the molecule is CCCNC1CC(C2CC=CCC2)Oc2ccccc21. The predicted octanol–water partition coefficient (Wildman–Crippen LogP) is 4.23. The first kappa shape index (κ1) is 13.7. The highest BCUT2D eigenvalue weighted by Gasteiger charge is 2.32. The molecule has 1 N–H and O–H groups in total. The number of allylic oxidation sites excluding steroid dienone is 2. The lowest BCUT2D eigenvalue weighted by atomic mass is 9.83. The molecule has 1 heterocycles. The molecule has 1 aliphatic carbocycles. The first-order chi connectivity index (χ1) is 9.88. The van der Waals surface area contributed by atoms with E-state index in [9.17, 15) is 0 Å². The Balaban J connectivity index is 1.78. The maximum atomic E-state index is 6.31. The van der Waals surface area contributed by atoms with E-state index in [1.807, 2.05) is 0 Å². The van der Waals surface area contributed by atoms with Gasteiger partial charge in [0.1, 0.15) is 11.9 Å². The van der Waals surface area contributed by atoms with Crippen molar-refractivity contribution in [3.63, 3.8) is 0 Å². The van der Waals surface area contributed by atoms with Crippen LogP contribution in [0.4, 0.5) is 0 Å². The fraction of sp³-hybridized carbons (Fsp3) is 0.556. The summed E-state index contributed by atoms with van der Waals surface area (Å²) in [5, 5.41) is 3.70. The highest BCUT2D eigenvalue weighted by atomic mass is 16.5. The van der Waals surface area contributed by atoms with Gasteiger partial charge < -0.3 is 10.1 Å². The van der Waals surface area contributed by atoms with Crippen LogP contribution in [0.5, 0.6) is 5.75 Å². The molecule has 1 aromatic carbocycles. The van der Waals surface area contributed by atoms with E-state index in [2.05, 4.69) is 48.7 Å². The van der Waals surface area contributed by atoms with Gasteiger partial charge in [-0.15, -0.1) is 0 Å². The van der Waals surface area contributed by atoms with Crippen LogP contribution in [0.15, 0.2) is 36.4 Å². The van der Waals surface area contributed by atoms with Gasteiger partial charge in [0.05, 0.1) is 0 Å². The van der Waals surface area contributed by atoms with E-state index in [0.717, 1.165) is 18.7 Å². The number of nitrogens with one attached hydrogen (secondary N) is 1. The maximum Gasteiger partial charge on any atom is 0.124 e. The highest BCUT2D eigenvalue weighted by molar-refractivity contribution is 5.38. The first-order valence-corrected chi connectivity index (χ1v) is 8.02. The van der Waals surface area contributed by atoms with Gasteiger partial charge in [-0.1, -0.05) is 37.3 Å². The van der Waals surface area contributed by atoms with E-state index in [1.165, 1.54) is 31.2 Å². The third-order valence-corrected chi connectivity index (χ3v) is 4.52. The van der Waals surface area contributed by atoms with Crippen molar-refractivity contribution in [2.75, 3.05) is 6.54 Å². The molecule has 0 amide bonds. The summed E-state index contributed by atoms with van der Waals surface area (Å²) in [5.74, 6) is 1.77. The van der Waals surface area contributed by atoms with Crippen molar-refractivity contribution in [1.82, 2.24) is 5.32 Å². The van der Waals surface area contributed by atoms with Gasteiger partial charge >= 0.3 is 0 Å². The van der Waals surface area contributed by atoms with Crippen LogP contribution >= 0.6 is 0 Å². The third kappa shape index (κ3) is 2.90. The molecule has 108 valence electrons. The quantitative estimate of drug-likeness (QED) is 0.827. The Morgan fingerprint density at radius 3 is 2.95 bits per heavy atom. The summed E-state index contributed by atoms with van der Waals surface area (Å²) in [6, 6.07) is 8.99. The van der Waals surface area contributed by atoms with Crippen LogP contribution < -0.4 is 10.1 Å². The maximum absolute atomic E-state index is 6.31. The number of hydrogen-bond donors (Lipinski definition) is 1. The van der Waals surface area contributed by atoms with Crippen molar-refractivity contribution in [3.8, 4) is 5.75 Å². The molecule has 0 fully saturated rings. The number of hydrogen-bond acceptors (Lipinski definition) is 2. The van der Waals surface area contributed by atoms with Crippen LogP contribution in [0.2, 0.25) is 0 Å². The fourth-order valence-electron chi connectivity index (χ4n) is 3.40. The van der Waals surface area contributed by atoms with Crippen LogP contribution in [0.25, 0.3) is 0 Å². The van der Waals surface area contributed by atoms with Gasteiger partial charge in [-0.25, -0.2) is 0 Å². The molecular formula is C18H25NO. The Kier molecular flexibility index (Phi) is 4.41. The summed E-state index contributed by atoms with van der Waals surface area (Å²) in [7, 11) is 0. The molecule has 0 spiro atoms. The summed E-state index contributed by atoms with van der Waals surface area (Å²) in [6.45, 7) is 3.30. The Hall–Kier alpha value is -1.28. The number of benzene rings is 1. The zero-order chi connectivity index (χ0) is 13.8. The van der Waals surface area contributed by atoms with Crippen LogP contribution in [0.3, 0.4) is 0 Å². The smallest absolute Gasteiger partial charge is 0.124 e. The normalized spacial score (nSPS) is 28.8. The van der Waals surface area contributed by atoms with E-state index >= 15 is 0 Å². The molecule has 0 saturated carbocycles. The number of rotatable bonds is 4. The van der Waals surface area contributed by atoms with Gasteiger partial charge in [-0.2, -0.15) is 0 Å². The predicted molar refractivity (Wildman–Crippen MR) is 83.0 cm³/mol. The summed E-state index contributed by atoms with van der Waals surface area (Å²) >= 11 is 0. The third-order valence-electron chi connectivity index (χ3n) is 4.52. The number of para-hydroxylation sites is 1. The average molecular weight is 271 g/mol. The minimum Gasteiger partial charge on any atom is -0.490 e. The Morgan fingerprint density at radius 2 is 2.15 bits per heavy atom. The summed E-state index contributed by atoms with van der Waals surface area (Å²) in [4.78, 5) is 0. The van der Waals surface area contributed by atoms with Crippen molar-refractivity contribution < 1.29 is 4.74 Å². The summed E-state index contributed by atoms with van der Waals surface area (Å²) in [5.41, 5.74) is 1.34. The molecule has 0 radical (unpaired) electrons. The van der Waals surface area contributed by atoms with Crippen LogP contribution in [-0.2, 0) is 0 Å². The minimum absolute atomic E-state index is 0.365. The van der Waals surface area contributed by atoms with E-state index in [4.69, 9.17) is 4.74 Å². The van der Waals surface area contributed by atoms with Gasteiger partial charge in [-0.05, 0) is 44.2 Å². The molecule has 3 atom stereocenters. The standard InChI is InChI=1S/C18H25NO/c1-2-12-19-16-13-18(14-8-4-3-5-9-14)20-17-11-7-6-10-15(16)17/h3-4,6-7,10-11,14,16,18-19H,2,5,8-9,12-13H2,1H3. The lowest BCUT2D eigenvalue weighted by Gasteiger charge is -2.37. The molecule has 0 saturated heterocycles. The lowest BCUT2D eigenvalue weighted by molar-refractivity contribution is 0.0874. The monoisotopic (exact) mass is 271 g/mol. The molecule has 0 aromatic heterocycles. The molecular weight excluding hydrogens is 246 g/mol. The fourth-order valence-corrected chi connectivity index (χ4v) is 3.40. The zero-order valence-electron chi connectivity index (χ0n) is 12.3. The molecule has 3 rings (SSSR count). The van der Waals surface area contributed by atoms with Crippen molar-refractivity contribution >= 4 is 0 Å². The van der Waals surface area contributed by atoms with Gasteiger partial charge in [0.2, 0.25) is 0 Å². The summed E-state index contributed by atoms with van der Waals surface area (Å²) < 4.78 is 6.31. The van der Waals surface area contributed by atoms with E-state index in [-0.39, 0.29) is 0 Å². The van der Waals surface area contributed by atoms with Gasteiger partial charge in [0.25, 0.3) is 0 Å². The van der Waals surface area contributed by atoms with Gasteiger partial charge in [0, 0.05) is 18.0 Å². The summed E-state index contributed by atoms with van der Waals surface area (Å²) in [6.07, 6.45) is 10.9. The van der Waals surface area contributed by atoms with Crippen molar-refractivity contribution in [2.24, 2.45) is 5.92 Å². The van der Waals surface area contributed by atoms with E-state index in [1.54, 1.807) is 0 Å². The molecule has 20 heavy (non-hydrogen) atoms. The van der Waals surface area contributed by atoms with Crippen molar-refractivity contribution in [2.45, 2.75) is 51.2 Å². The van der Waals surface area contributed by atoms with Crippen molar-refractivity contribution in [1.29, 1.82) is 0 Å². The molecule has 2 nitrogen and oxygen atoms in total. The average Bonchev–Trinajstić information content (AvgIpc) is 2.53. The lowest BCUT2D eigenvalue weighted by Crippen LogP contribution is -2.38. The van der Waals surface area contributed by atoms with E-state index in [0.29, 0.717) is 18.1 Å². The van der Waals surface area contributed by atoms with Gasteiger partial charge in [0.15, 0.2) is 0 Å². The number of ether oxygens (including phenoxy) is 1. The van der Waals surface area contributed by atoms with Crippen LogP contribution in [0.1, 0.15) is 50.6 Å². The molecule has 1 aliphatic heterocycles. The molecule has 1 aromatic rings. The Morgan fingerprint density at radius 1 is 1.25 bits per heavy atom. The first-order valence-electron chi connectivity index (χ1n) is 8.02. The van der Waals surface area contributed by atoms with E-state index < -0.39 is 0 Å². The Bertz CT molecular complexity index is 468. The minimum atomic E-state index is 0.365. The largest absolute Gasteiger partial charge is 0.490 e. The molecule has 2 aliphatic rings. The second-order valence-electron chi connectivity index (χ2n) is 5.98. The highest BCUT2D eigenvalue weighted by Crippen LogP contribution is 2.39. The topological polar surface area (TPSA) is 21.3 Å². The number of fused-ring (bicyclic) bond motifs is 1. The van der Waals surface area contributed by atoms with Crippen molar-refractivity contribution in [3.05, 3.63) is 42.0 Å². The second-order valence-corrected chi connectivity index (χ2v) is 5.98. The molecule has 0 bridgehead atoms. The van der Waals surface area contributed by atoms with Crippen LogP contribution in [-0.4, -0.2) is 12.6 Å².